The first-order chi connectivity index (χ1) is 11.2. The quantitative estimate of drug-likeness (QED) is 0.829. The molecule has 7 heteroatoms. The normalized spacial score (nSPS) is 20.1. The number of para-hydroxylation sites is 1. The third-order valence-electron chi connectivity index (χ3n) is 5.27. The average molecular weight is 390 g/mol. The first-order valence-corrected chi connectivity index (χ1v) is 8.62. The molecule has 3 N–H and O–H groups in total. The highest BCUT2D eigenvalue weighted by Gasteiger charge is 2.39. The molecule has 2 heterocycles. The van der Waals surface area contributed by atoms with Crippen molar-refractivity contribution >= 4 is 36.4 Å². The van der Waals surface area contributed by atoms with Gasteiger partial charge in [0.25, 0.3) is 0 Å². The van der Waals surface area contributed by atoms with E-state index in [4.69, 9.17) is 10.5 Å². The molecule has 0 unspecified atom stereocenters. The van der Waals surface area contributed by atoms with Crippen LogP contribution in [0.2, 0.25) is 0 Å². The molecule has 1 aromatic rings. The van der Waals surface area contributed by atoms with Crippen molar-refractivity contribution in [2.24, 2.45) is 11.1 Å². The molecule has 0 bridgehead atoms. The molecule has 25 heavy (non-hydrogen) atoms. The Morgan fingerprint density at radius 1 is 1.16 bits per heavy atom. The number of rotatable bonds is 4. The van der Waals surface area contributed by atoms with Crippen molar-refractivity contribution in [1.29, 1.82) is 0 Å². The van der Waals surface area contributed by atoms with Gasteiger partial charge in [-0.15, -0.1) is 24.8 Å². The largest absolute Gasteiger partial charge is 0.381 e. The molecule has 5 nitrogen and oxygen atoms in total. The third-order valence-corrected chi connectivity index (χ3v) is 5.27. The number of carbonyl (C=O) groups is 1. The molecule has 142 valence electrons. The molecule has 2 fully saturated rings. The van der Waals surface area contributed by atoms with Gasteiger partial charge in [-0.1, -0.05) is 18.2 Å². The standard InChI is InChI=1S/C18H27N3O2.2ClH/c19-14-18(8-12-23-13-9-18)17(22)20-15-6-10-21(11-7-15)16-4-2-1-3-5-16;;/h1-5,15H,6-14,19H2,(H,20,22);2*1H. The molecule has 1 amide bonds. The predicted molar refractivity (Wildman–Crippen MR) is 106 cm³/mol. The van der Waals surface area contributed by atoms with Gasteiger partial charge in [-0.05, 0) is 37.8 Å². The number of carbonyl (C=O) groups excluding carboxylic acids is 1. The van der Waals surface area contributed by atoms with Crippen LogP contribution in [0.5, 0.6) is 0 Å². The van der Waals surface area contributed by atoms with Gasteiger partial charge in [0.05, 0.1) is 5.41 Å². The molecule has 2 aliphatic heterocycles. The number of benzene rings is 1. The van der Waals surface area contributed by atoms with Crippen LogP contribution in [0.15, 0.2) is 30.3 Å². The van der Waals surface area contributed by atoms with Gasteiger partial charge < -0.3 is 20.7 Å². The Morgan fingerprint density at radius 2 is 1.76 bits per heavy atom. The van der Waals surface area contributed by atoms with Gasteiger partial charge in [-0.3, -0.25) is 4.79 Å². The zero-order valence-corrected chi connectivity index (χ0v) is 16.1. The van der Waals surface area contributed by atoms with Gasteiger partial charge in [0.2, 0.25) is 5.91 Å². The number of amides is 1. The lowest BCUT2D eigenvalue weighted by Crippen LogP contribution is -2.53. The summed E-state index contributed by atoms with van der Waals surface area (Å²) in [5, 5.41) is 3.25. The highest BCUT2D eigenvalue weighted by atomic mass is 35.5. The SMILES string of the molecule is Cl.Cl.NCC1(C(=O)NC2CCN(c3ccccc3)CC2)CCOCC1. The number of nitrogens with two attached hydrogens (primary N) is 1. The van der Waals surface area contributed by atoms with E-state index in [0.29, 0.717) is 19.8 Å². The molecule has 0 saturated carbocycles. The Kier molecular flexibility index (Phi) is 9.00. The van der Waals surface area contributed by atoms with Crippen molar-refractivity contribution in [2.75, 3.05) is 37.7 Å². The fourth-order valence-electron chi connectivity index (χ4n) is 3.55. The van der Waals surface area contributed by atoms with Crippen LogP contribution in [-0.4, -0.2) is 44.8 Å². The summed E-state index contributed by atoms with van der Waals surface area (Å²) in [5.41, 5.74) is 6.76. The molecule has 0 radical (unpaired) electrons. The summed E-state index contributed by atoms with van der Waals surface area (Å²) in [5.74, 6) is 0.126. The second-order valence-electron chi connectivity index (χ2n) is 6.67. The Labute approximate surface area is 162 Å². The van der Waals surface area contributed by atoms with Gasteiger partial charge in [-0.25, -0.2) is 0 Å². The summed E-state index contributed by atoms with van der Waals surface area (Å²) >= 11 is 0. The number of piperidine rings is 1. The topological polar surface area (TPSA) is 67.6 Å². The van der Waals surface area contributed by atoms with Crippen molar-refractivity contribution < 1.29 is 9.53 Å². The van der Waals surface area contributed by atoms with Crippen molar-refractivity contribution in [3.8, 4) is 0 Å². The van der Waals surface area contributed by atoms with Crippen LogP contribution in [-0.2, 0) is 9.53 Å². The molecule has 0 aliphatic carbocycles. The second-order valence-corrected chi connectivity index (χ2v) is 6.67. The molecule has 0 aromatic heterocycles. The monoisotopic (exact) mass is 389 g/mol. The Hall–Kier alpha value is -1.01. The van der Waals surface area contributed by atoms with Crippen LogP contribution in [0, 0.1) is 5.41 Å². The lowest BCUT2D eigenvalue weighted by atomic mass is 9.79. The number of ether oxygens (including phenoxy) is 1. The van der Waals surface area contributed by atoms with E-state index in [9.17, 15) is 4.79 Å². The number of halogens is 2. The summed E-state index contributed by atoms with van der Waals surface area (Å²) < 4.78 is 5.39. The predicted octanol–water partition coefficient (Wildman–Crippen LogP) is 2.37. The average Bonchev–Trinajstić information content (AvgIpc) is 2.63. The lowest BCUT2D eigenvalue weighted by molar-refractivity contribution is -0.136. The second kappa shape index (κ2) is 10.2. The van der Waals surface area contributed by atoms with Crippen LogP contribution >= 0.6 is 24.8 Å². The molecule has 3 rings (SSSR count). The first kappa shape index (κ1) is 22.0. The molecular formula is C18H29Cl2N3O2. The minimum Gasteiger partial charge on any atom is -0.381 e. The number of hydrogen-bond acceptors (Lipinski definition) is 4. The van der Waals surface area contributed by atoms with Crippen molar-refractivity contribution in [2.45, 2.75) is 31.7 Å². The fourth-order valence-corrected chi connectivity index (χ4v) is 3.55. The molecule has 0 spiro atoms. The molecule has 2 aliphatic rings. The summed E-state index contributed by atoms with van der Waals surface area (Å²) in [6, 6.07) is 10.7. The van der Waals surface area contributed by atoms with Crippen LogP contribution in [0.3, 0.4) is 0 Å². The van der Waals surface area contributed by atoms with E-state index in [0.717, 1.165) is 38.8 Å². The van der Waals surface area contributed by atoms with E-state index in [1.54, 1.807) is 0 Å². The minimum absolute atomic E-state index is 0. The first-order valence-electron chi connectivity index (χ1n) is 8.62. The van der Waals surface area contributed by atoms with Crippen molar-refractivity contribution in [3.63, 3.8) is 0 Å². The summed E-state index contributed by atoms with van der Waals surface area (Å²) in [6.45, 7) is 3.64. The number of hydrogen-bond donors (Lipinski definition) is 2. The number of nitrogens with zero attached hydrogens (tertiary/aromatic N) is 1. The van der Waals surface area contributed by atoms with Gasteiger partial charge in [0.15, 0.2) is 0 Å². The lowest BCUT2D eigenvalue weighted by Gasteiger charge is -2.38. The van der Waals surface area contributed by atoms with Gasteiger partial charge >= 0.3 is 0 Å². The minimum atomic E-state index is -0.422. The van der Waals surface area contributed by atoms with E-state index < -0.39 is 5.41 Å². The van der Waals surface area contributed by atoms with Gasteiger partial charge in [0, 0.05) is 44.6 Å². The molecular weight excluding hydrogens is 361 g/mol. The zero-order valence-electron chi connectivity index (χ0n) is 14.5. The van der Waals surface area contributed by atoms with Gasteiger partial charge in [-0.2, -0.15) is 0 Å². The Bertz CT molecular complexity index is 516. The molecule has 0 atom stereocenters. The molecule has 1 aromatic carbocycles. The van der Waals surface area contributed by atoms with Crippen LogP contribution in [0.1, 0.15) is 25.7 Å². The van der Waals surface area contributed by atoms with E-state index in [1.807, 2.05) is 6.07 Å². The van der Waals surface area contributed by atoms with E-state index in [2.05, 4.69) is 34.5 Å². The maximum absolute atomic E-state index is 12.7. The fraction of sp³-hybridized carbons (Fsp3) is 0.611. The zero-order chi connectivity index (χ0) is 16.1. The molecule has 2 saturated heterocycles. The number of anilines is 1. The van der Waals surface area contributed by atoms with E-state index >= 15 is 0 Å². The maximum Gasteiger partial charge on any atom is 0.227 e. The van der Waals surface area contributed by atoms with Crippen molar-refractivity contribution in [1.82, 2.24) is 5.32 Å². The Morgan fingerprint density at radius 3 is 2.32 bits per heavy atom. The highest BCUT2D eigenvalue weighted by Crippen LogP contribution is 2.30. The van der Waals surface area contributed by atoms with E-state index in [1.165, 1.54) is 5.69 Å². The Balaban J connectivity index is 0.00000156. The van der Waals surface area contributed by atoms with Crippen LogP contribution < -0.4 is 16.0 Å². The highest BCUT2D eigenvalue weighted by molar-refractivity contribution is 5.85. The van der Waals surface area contributed by atoms with E-state index in [-0.39, 0.29) is 36.8 Å². The smallest absolute Gasteiger partial charge is 0.227 e. The van der Waals surface area contributed by atoms with Gasteiger partial charge in [0.1, 0.15) is 0 Å². The third kappa shape index (κ3) is 5.23. The summed E-state index contributed by atoms with van der Waals surface area (Å²) in [4.78, 5) is 15.1. The maximum atomic E-state index is 12.7. The van der Waals surface area contributed by atoms with Crippen molar-refractivity contribution in [3.05, 3.63) is 30.3 Å². The van der Waals surface area contributed by atoms with Crippen LogP contribution in [0.4, 0.5) is 5.69 Å². The number of nitrogens with one attached hydrogen (secondary N) is 1. The van der Waals surface area contributed by atoms with Crippen LogP contribution in [0.25, 0.3) is 0 Å². The summed E-state index contributed by atoms with van der Waals surface area (Å²) in [6.07, 6.45) is 3.44. The summed E-state index contributed by atoms with van der Waals surface area (Å²) in [7, 11) is 0.